The normalized spacial score (nSPS) is 13.0. The van der Waals surface area contributed by atoms with E-state index in [9.17, 15) is 5.11 Å². The Morgan fingerprint density at radius 3 is 2.61 bits per heavy atom. The van der Waals surface area contributed by atoms with Crippen LogP contribution in [0.15, 0.2) is 34.7 Å². The highest BCUT2D eigenvalue weighted by molar-refractivity contribution is 6.52. The van der Waals surface area contributed by atoms with Crippen LogP contribution in [0.5, 0.6) is 0 Å². The molecule has 1 aromatic carbocycles. The lowest BCUT2D eigenvalue weighted by atomic mass is 9.81. The number of halogens is 1. The molecule has 0 amide bonds. The van der Waals surface area contributed by atoms with Crippen LogP contribution >= 0.6 is 11.6 Å². The average molecular weight is 332 g/mol. The Kier molecular flexibility index (Phi) is 3.91. The molecule has 0 fully saturated rings. The van der Waals surface area contributed by atoms with Gasteiger partial charge in [0.05, 0.1) is 11.2 Å². The van der Waals surface area contributed by atoms with E-state index in [1.807, 2.05) is 38.1 Å². The first-order chi connectivity index (χ1) is 10.7. The first-order valence-electron chi connectivity index (χ1n) is 7.52. The van der Waals surface area contributed by atoms with Gasteiger partial charge in [-0.1, -0.05) is 23.7 Å². The third-order valence-corrected chi connectivity index (χ3v) is 4.69. The molecule has 0 aliphatic rings. The van der Waals surface area contributed by atoms with Gasteiger partial charge in [0.2, 0.25) is 5.71 Å². The third-order valence-electron chi connectivity index (χ3n) is 4.48. The summed E-state index contributed by atoms with van der Waals surface area (Å²) in [5.74, 6) is 0. The fourth-order valence-electron chi connectivity index (χ4n) is 2.31. The smallest absolute Gasteiger partial charge is 0.310 e. The van der Waals surface area contributed by atoms with Crippen molar-refractivity contribution >= 4 is 46.6 Å². The van der Waals surface area contributed by atoms with Gasteiger partial charge in [0.15, 0.2) is 0 Å². The quantitative estimate of drug-likeness (QED) is 0.589. The van der Waals surface area contributed by atoms with Crippen molar-refractivity contribution in [2.24, 2.45) is 0 Å². The molecule has 0 aliphatic heterocycles. The van der Waals surface area contributed by atoms with Gasteiger partial charge in [-0.05, 0) is 51.4 Å². The standard InChI is InChI=1S/C17H19BClNO3/c1-16(2,21)17(3,4)23-18-11-6-5-7-12-14(11)10-8-9-13(19)20-15(10)22-12/h5-9,18,21H,1-4H3. The van der Waals surface area contributed by atoms with Crippen molar-refractivity contribution in [3.63, 3.8) is 0 Å². The maximum Gasteiger partial charge on any atom is 0.310 e. The topological polar surface area (TPSA) is 55.5 Å². The lowest BCUT2D eigenvalue weighted by Gasteiger charge is -2.37. The summed E-state index contributed by atoms with van der Waals surface area (Å²) in [7, 11) is 0.367. The zero-order valence-electron chi connectivity index (χ0n) is 13.7. The minimum atomic E-state index is -0.950. The molecule has 0 bridgehead atoms. The van der Waals surface area contributed by atoms with Gasteiger partial charge in [-0.15, -0.1) is 0 Å². The summed E-state index contributed by atoms with van der Waals surface area (Å²) in [6.45, 7) is 7.24. The van der Waals surface area contributed by atoms with Crippen LogP contribution in [0.1, 0.15) is 27.7 Å². The largest absolute Gasteiger partial charge is 0.438 e. The SMILES string of the molecule is CC(C)(O)C(C)(C)OBc1cccc2oc3nc(Cl)ccc3c12. The molecule has 4 nitrogen and oxygen atoms in total. The molecule has 0 aliphatic carbocycles. The van der Waals surface area contributed by atoms with Crippen molar-refractivity contribution in [1.82, 2.24) is 4.98 Å². The Morgan fingerprint density at radius 1 is 1.17 bits per heavy atom. The van der Waals surface area contributed by atoms with E-state index >= 15 is 0 Å². The van der Waals surface area contributed by atoms with Gasteiger partial charge in [-0.2, -0.15) is 0 Å². The summed E-state index contributed by atoms with van der Waals surface area (Å²) in [5, 5.41) is 12.5. The molecule has 1 N–H and O–H groups in total. The van der Waals surface area contributed by atoms with E-state index in [1.165, 1.54) is 0 Å². The van der Waals surface area contributed by atoms with Crippen molar-refractivity contribution in [3.8, 4) is 0 Å². The summed E-state index contributed by atoms with van der Waals surface area (Å²) in [5.41, 5.74) is 0.617. The second-order valence-corrected chi connectivity index (χ2v) is 7.12. The van der Waals surface area contributed by atoms with E-state index in [0.717, 1.165) is 21.8 Å². The molecule has 120 valence electrons. The predicted molar refractivity (Wildman–Crippen MR) is 94.8 cm³/mol. The molecule has 2 heterocycles. The van der Waals surface area contributed by atoms with Crippen LogP contribution in [-0.2, 0) is 4.65 Å². The van der Waals surface area contributed by atoms with Gasteiger partial charge in [0.1, 0.15) is 10.7 Å². The van der Waals surface area contributed by atoms with Gasteiger partial charge in [0.25, 0.3) is 0 Å². The van der Waals surface area contributed by atoms with Crippen molar-refractivity contribution in [1.29, 1.82) is 0 Å². The number of benzene rings is 1. The molecule has 3 aromatic rings. The number of aromatic nitrogens is 1. The highest BCUT2D eigenvalue weighted by Gasteiger charge is 2.35. The van der Waals surface area contributed by atoms with E-state index in [0.29, 0.717) is 18.3 Å². The summed E-state index contributed by atoms with van der Waals surface area (Å²) in [6, 6.07) is 9.46. The van der Waals surface area contributed by atoms with Crippen LogP contribution in [-0.4, -0.2) is 28.8 Å². The van der Waals surface area contributed by atoms with Crippen molar-refractivity contribution in [2.45, 2.75) is 38.9 Å². The fraction of sp³-hybridized carbons (Fsp3) is 0.353. The first kappa shape index (κ1) is 16.3. The molecule has 23 heavy (non-hydrogen) atoms. The Bertz CT molecular complexity index is 867. The summed E-state index contributed by atoms with van der Waals surface area (Å²) < 4.78 is 11.8. The molecule has 2 aromatic heterocycles. The van der Waals surface area contributed by atoms with E-state index < -0.39 is 11.2 Å². The predicted octanol–water partition coefficient (Wildman–Crippen LogP) is 3.18. The highest BCUT2D eigenvalue weighted by Crippen LogP contribution is 2.28. The summed E-state index contributed by atoms with van der Waals surface area (Å²) in [4.78, 5) is 4.22. The molecule has 0 saturated carbocycles. The molecule has 0 saturated heterocycles. The molecule has 0 atom stereocenters. The third kappa shape index (κ3) is 2.96. The van der Waals surface area contributed by atoms with Crippen LogP contribution in [0.4, 0.5) is 0 Å². The highest BCUT2D eigenvalue weighted by atomic mass is 35.5. The van der Waals surface area contributed by atoms with Crippen LogP contribution < -0.4 is 5.46 Å². The minimum Gasteiger partial charge on any atom is -0.438 e. The zero-order valence-corrected chi connectivity index (χ0v) is 14.4. The molecule has 0 spiro atoms. The molecule has 3 rings (SSSR count). The summed E-state index contributed by atoms with van der Waals surface area (Å²) >= 11 is 5.93. The van der Waals surface area contributed by atoms with Gasteiger partial charge < -0.3 is 14.2 Å². The first-order valence-corrected chi connectivity index (χ1v) is 7.90. The Morgan fingerprint density at radius 2 is 1.91 bits per heavy atom. The van der Waals surface area contributed by atoms with Crippen molar-refractivity contribution < 1.29 is 14.2 Å². The van der Waals surface area contributed by atoms with Gasteiger partial charge in [-0.3, -0.25) is 0 Å². The summed E-state index contributed by atoms with van der Waals surface area (Å²) in [6.07, 6.45) is 0. The fourth-order valence-corrected chi connectivity index (χ4v) is 2.45. The number of rotatable bonds is 4. The maximum absolute atomic E-state index is 10.2. The van der Waals surface area contributed by atoms with Crippen molar-refractivity contribution in [3.05, 3.63) is 35.5 Å². The van der Waals surface area contributed by atoms with Gasteiger partial charge in [0, 0.05) is 10.8 Å². The minimum absolute atomic E-state index is 0.367. The van der Waals surface area contributed by atoms with E-state index in [4.69, 9.17) is 20.7 Å². The molecule has 0 radical (unpaired) electrons. The molecule has 0 unspecified atom stereocenters. The molecule has 6 heteroatoms. The average Bonchev–Trinajstić information content (AvgIpc) is 2.81. The zero-order chi connectivity index (χ0) is 16.8. The second kappa shape index (κ2) is 5.51. The van der Waals surface area contributed by atoms with Crippen molar-refractivity contribution in [2.75, 3.05) is 0 Å². The number of aliphatic hydroxyl groups is 1. The monoisotopic (exact) mass is 331 g/mol. The van der Waals surface area contributed by atoms with Crippen LogP contribution in [0.2, 0.25) is 5.15 Å². The van der Waals surface area contributed by atoms with E-state index in [1.54, 1.807) is 19.9 Å². The van der Waals surface area contributed by atoms with Gasteiger partial charge in [-0.25, -0.2) is 4.98 Å². The number of nitrogens with zero attached hydrogens (tertiary/aromatic N) is 1. The maximum atomic E-state index is 10.2. The van der Waals surface area contributed by atoms with E-state index in [-0.39, 0.29) is 0 Å². The van der Waals surface area contributed by atoms with Crippen LogP contribution in [0, 0.1) is 0 Å². The van der Waals surface area contributed by atoms with Crippen LogP contribution in [0.25, 0.3) is 22.1 Å². The number of pyridine rings is 1. The number of hydrogen-bond acceptors (Lipinski definition) is 4. The molecular formula is C17H19BClNO3. The lowest BCUT2D eigenvalue weighted by molar-refractivity contribution is -0.0893. The lowest BCUT2D eigenvalue weighted by Crippen LogP contribution is -2.49. The Balaban J connectivity index is 2.03. The Hall–Kier alpha value is -1.56. The van der Waals surface area contributed by atoms with Crippen LogP contribution in [0.3, 0.4) is 0 Å². The number of fused-ring (bicyclic) bond motifs is 3. The second-order valence-electron chi connectivity index (χ2n) is 6.74. The number of hydrogen-bond donors (Lipinski definition) is 1. The Labute approximate surface area is 140 Å². The van der Waals surface area contributed by atoms with Gasteiger partial charge >= 0.3 is 7.48 Å². The molecular weight excluding hydrogens is 312 g/mol. The number of furan rings is 1. The van der Waals surface area contributed by atoms with E-state index in [2.05, 4.69) is 4.98 Å².